The highest BCUT2D eigenvalue weighted by molar-refractivity contribution is 14.0. The Labute approximate surface area is 207 Å². The largest absolute Gasteiger partial charge is 0.496 e. The van der Waals surface area contributed by atoms with Crippen molar-refractivity contribution in [2.45, 2.75) is 33.2 Å². The van der Waals surface area contributed by atoms with Gasteiger partial charge in [0.15, 0.2) is 5.96 Å². The monoisotopic (exact) mass is 552 g/mol. The van der Waals surface area contributed by atoms with Crippen LogP contribution in [-0.2, 0) is 16.1 Å². The normalized spacial score (nSPS) is 25.7. The first-order chi connectivity index (χ1) is 15.0. The lowest BCUT2D eigenvalue weighted by molar-refractivity contribution is -0.140. The third kappa shape index (κ3) is 4.79. The Balaban J connectivity index is 0.00000289. The molecule has 1 aromatic carbocycles. The molecule has 7 nitrogen and oxygen atoms in total. The molecule has 0 radical (unpaired) electrons. The predicted molar refractivity (Wildman–Crippen MR) is 135 cm³/mol. The van der Waals surface area contributed by atoms with Crippen LogP contribution in [0.4, 0.5) is 0 Å². The summed E-state index contributed by atoms with van der Waals surface area (Å²) in [6, 6.07) is 6.09. The highest BCUT2D eigenvalue weighted by Gasteiger charge is 2.58. The van der Waals surface area contributed by atoms with Gasteiger partial charge in [-0.25, -0.2) is 4.99 Å². The Hall–Kier alpha value is -2.10. The number of aliphatic imine (C=N–C) groups is 1. The van der Waals surface area contributed by atoms with E-state index in [0.29, 0.717) is 26.1 Å². The van der Waals surface area contributed by atoms with Crippen molar-refractivity contribution in [1.29, 1.82) is 0 Å². The molecule has 2 aliphatic carbocycles. The third-order valence-corrected chi connectivity index (χ3v) is 6.65. The van der Waals surface area contributed by atoms with Gasteiger partial charge in [0.2, 0.25) is 11.8 Å². The van der Waals surface area contributed by atoms with Crippen LogP contribution >= 0.6 is 24.0 Å². The number of aryl methyl sites for hydroxylation is 1. The number of ether oxygens (including phenoxy) is 1. The predicted octanol–water partition coefficient (Wildman–Crippen LogP) is 2.87. The molecular weight excluding hydrogens is 519 g/mol. The summed E-state index contributed by atoms with van der Waals surface area (Å²) in [5, 5.41) is 6.55. The summed E-state index contributed by atoms with van der Waals surface area (Å²) in [4.78, 5) is 31.7. The van der Waals surface area contributed by atoms with Crippen LogP contribution in [0.1, 0.15) is 30.9 Å². The average Bonchev–Trinajstić information content (AvgIpc) is 3.45. The number of guanidine groups is 1. The Morgan fingerprint density at radius 3 is 2.47 bits per heavy atom. The van der Waals surface area contributed by atoms with Crippen molar-refractivity contribution in [2.24, 2.45) is 28.7 Å². The molecule has 1 saturated heterocycles. The number of likely N-dealkylation sites (tertiary alicyclic amines) is 1. The van der Waals surface area contributed by atoms with E-state index in [4.69, 9.17) is 4.74 Å². The number of nitrogens with zero attached hydrogens (tertiary/aromatic N) is 2. The van der Waals surface area contributed by atoms with Crippen LogP contribution in [0.15, 0.2) is 35.3 Å². The Kier molecular flexibility index (Phi) is 8.19. The zero-order valence-electron chi connectivity index (χ0n) is 19.0. The minimum atomic E-state index is -0.110. The molecule has 0 spiro atoms. The summed E-state index contributed by atoms with van der Waals surface area (Å²) in [5.74, 6) is 1.95. The number of hydrogen-bond donors (Lipinski definition) is 2. The molecule has 3 aliphatic rings. The van der Waals surface area contributed by atoms with Gasteiger partial charge in [0.1, 0.15) is 5.75 Å². The zero-order chi connectivity index (χ0) is 22.0. The molecule has 1 heterocycles. The van der Waals surface area contributed by atoms with Gasteiger partial charge in [-0.15, -0.1) is 24.0 Å². The Morgan fingerprint density at radius 1 is 1.16 bits per heavy atom. The smallest absolute Gasteiger partial charge is 0.233 e. The van der Waals surface area contributed by atoms with Gasteiger partial charge < -0.3 is 15.4 Å². The third-order valence-electron chi connectivity index (χ3n) is 6.65. The maximum Gasteiger partial charge on any atom is 0.233 e. The number of carbonyl (C=O) groups excluding carboxylic acids is 2. The molecule has 2 amide bonds. The Bertz CT molecular complexity index is 887. The minimum Gasteiger partial charge on any atom is -0.496 e. The first-order valence-corrected chi connectivity index (χ1v) is 11.2. The zero-order valence-corrected chi connectivity index (χ0v) is 21.3. The van der Waals surface area contributed by atoms with Crippen molar-refractivity contribution >= 4 is 41.8 Å². The van der Waals surface area contributed by atoms with E-state index in [1.165, 1.54) is 4.90 Å². The van der Waals surface area contributed by atoms with Gasteiger partial charge in [0, 0.05) is 19.6 Å². The second kappa shape index (κ2) is 10.7. The summed E-state index contributed by atoms with van der Waals surface area (Å²) >= 11 is 0. The quantitative estimate of drug-likeness (QED) is 0.130. The molecule has 4 unspecified atom stereocenters. The van der Waals surface area contributed by atoms with E-state index in [2.05, 4.69) is 27.8 Å². The van der Waals surface area contributed by atoms with Crippen LogP contribution in [0.3, 0.4) is 0 Å². The van der Waals surface area contributed by atoms with E-state index in [0.717, 1.165) is 35.8 Å². The molecule has 2 N–H and O–H groups in total. The lowest BCUT2D eigenvalue weighted by Crippen LogP contribution is -2.40. The van der Waals surface area contributed by atoms with Gasteiger partial charge in [0.25, 0.3) is 0 Å². The SMILES string of the molecule is CCNC(=NCc1ccc(C)c(OC)c1)NCCCN1C(=O)C2C3C=CC(C3)C2C1=O.I. The van der Waals surface area contributed by atoms with Crippen LogP contribution in [0, 0.1) is 30.6 Å². The van der Waals surface area contributed by atoms with Crippen molar-refractivity contribution in [2.75, 3.05) is 26.7 Å². The topological polar surface area (TPSA) is 83.0 Å². The molecule has 0 aromatic heterocycles. The van der Waals surface area contributed by atoms with E-state index < -0.39 is 0 Å². The van der Waals surface area contributed by atoms with E-state index in [1.54, 1.807) is 7.11 Å². The molecule has 2 fully saturated rings. The van der Waals surface area contributed by atoms with E-state index in [9.17, 15) is 9.59 Å². The second-order valence-electron chi connectivity index (χ2n) is 8.61. The highest BCUT2D eigenvalue weighted by atomic mass is 127. The van der Waals surface area contributed by atoms with Gasteiger partial charge in [-0.2, -0.15) is 0 Å². The van der Waals surface area contributed by atoms with E-state index in [1.807, 2.05) is 32.0 Å². The summed E-state index contributed by atoms with van der Waals surface area (Å²) in [7, 11) is 1.67. The minimum absolute atomic E-state index is 0. The maximum atomic E-state index is 12.8. The standard InChI is InChI=1S/C24H32N4O3.HI/c1-4-25-24(27-14-16-7-6-15(2)19(12-16)31-3)26-10-5-11-28-22(29)20-17-8-9-18(13-17)21(20)23(28)30;/h6-9,12,17-18,20-21H,4-5,10-11,13-14H2,1-3H3,(H2,25,26,27);1H. The van der Waals surface area contributed by atoms with Crippen molar-refractivity contribution in [3.05, 3.63) is 41.5 Å². The molecule has 1 saturated carbocycles. The lowest BCUT2D eigenvalue weighted by atomic mass is 9.85. The summed E-state index contributed by atoms with van der Waals surface area (Å²) in [6.45, 7) is 6.43. The first kappa shape index (κ1) is 24.5. The molecule has 4 atom stereocenters. The fourth-order valence-electron chi connectivity index (χ4n) is 5.10. The lowest BCUT2D eigenvalue weighted by Gasteiger charge is -2.18. The molecule has 4 rings (SSSR count). The first-order valence-electron chi connectivity index (χ1n) is 11.2. The van der Waals surface area contributed by atoms with Gasteiger partial charge >= 0.3 is 0 Å². The molecule has 174 valence electrons. The van der Waals surface area contributed by atoms with Crippen molar-refractivity contribution in [1.82, 2.24) is 15.5 Å². The molecule has 2 bridgehead atoms. The molecular formula is C24H33IN4O3. The number of methoxy groups -OCH3 is 1. The van der Waals surface area contributed by atoms with Crippen LogP contribution in [0.5, 0.6) is 5.75 Å². The van der Waals surface area contributed by atoms with Crippen LogP contribution in [0.2, 0.25) is 0 Å². The second-order valence-corrected chi connectivity index (χ2v) is 8.61. The van der Waals surface area contributed by atoms with Crippen LogP contribution in [-0.4, -0.2) is 49.4 Å². The highest BCUT2D eigenvalue weighted by Crippen LogP contribution is 2.52. The van der Waals surface area contributed by atoms with Gasteiger partial charge in [-0.05, 0) is 55.7 Å². The number of fused-ring (bicyclic) bond motifs is 5. The van der Waals surface area contributed by atoms with Crippen molar-refractivity contribution < 1.29 is 14.3 Å². The maximum absolute atomic E-state index is 12.8. The number of hydrogen-bond acceptors (Lipinski definition) is 4. The summed E-state index contributed by atoms with van der Waals surface area (Å²) < 4.78 is 5.39. The van der Waals surface area contributed by atoms with Crippen LogP contribution in [0.25, 0.3) is 0 Å². The number of benzene rings is 1. The van der Waals surface area contributed by atoms with E-state index in [-0.39, 0.29) is 59.5 Å². The number of nitrogens with one attached hydrogen (secondary N) is 2. The van der Waals surface area contributed by atoms with Crippen molar-refractivity contribution in [3.63, 3.8) is 0 Å². The molecule has 32 heavy (non-hydrogen) atoms. The number of amides is 2. The van der Waals surface area contributed by atoms with Crippen LogP contribution < -0.4 is 15.4 Å². The molecule has 1 aliphatic heterocycles. The van der Waals surface area contributed by atoms with Gasteiger partial charge in [-0.3, -0.25) is 14.5 Å². The fourth-order valence-corrected chi connectivity index (χ4v) is 5.10. The number of halogens is 1. The number of imide groups is 1. The summed E-state index contributed by atoms with van der Waals surface area (Å²) in [6.07, 6.45) is 5.93. The van der Waals surface area contributed by atoms with Crippen molar-refractivity contribution in [3.8, 4) is 5.75 Å². The number of carbonyl (C=O) groups is 2. The van der Waals surface area contributed by atoms with E-state index >= 15 is 0 Å². The summed E-state index contributed by atoms with van der Waals surface area (Å²) in [5.41, 5.74) is 2.17. The fraction of sp³-hybridized carbons (Fsp3) is 0.542. The van der Waals surface area contributed by atoms with Gasteiger partial charge in [-0.1, -0.05) is 24.3 Å². The number of allylic oxidation sites excluding steroid dienone is 2. The van der Waals surface area contributed by atoms with Gasteiger partial charge in [0.05, 0.1) is 25.5 Å². The molecule has 1 aromatic rings. The number of rotatable bonds is 8. The average molecular weight is 552 g/mol. The molecule has 8 heteroatoms. The Morgan fingerprint density at radius 2 is 1.84 bits per heavy atom.